The van der Waals surface area contributed by atoms with Gasteiger partial charge in [-0.25, -0.2) is 4.98 Å². The molecular formula is C22H20N8O. The number of rotatable bonds is 6. The van der Waals surface area contributed by atoms with Crippen LogP contribution >= 0.6 is 0 Å². The Kier molecular flexibility index (Phi) is 4.69. The lowest BCUT2D eigenvalue weighted by Gasteiger charge is -2.09. The van der Waals surface area contributed by atoms with E-state index in [1.807, 2.05) is 24.3 Å². The van der Waals surface area contributed by atoms with Gasteiger partial charge in [0.2, 0.25) is 11.8 Å². The van der Waals surface area contributed by atoms with Gasteiger partial charge in [-0.3, -0.25) is 10.4 Å². The lowest BCUT2D eigenvalue weighted by atomic mass is 9.95. The van der Waals surface area contributed by atoms with Crippen molar-refractivity contribution < 1.29 is 4.42 Å². The maximum absolute atomic E-state index is 8.64. The van der Waals surface area contributed by atoms with E-state index in [0.29, 0.717) is 18.3 Å². The summed E-state index contributed by atoms with van der Waals surface area (Å²) in [5.41, 5.74) is 5.97. The van der Waals surface area contributed by atoms with Gasteiger partial charge in [-0.05, 0) is 35.7 Å². The van der Waals surface area contributed by atoms with Crippen molar-refractivity contribution in [3.8, 4) is 28.8 Å². The Bertz CT molecular complexity index is 1420. The summed E-state index contributed by atoms with van der Waals surface area (Å²) in [5.74, 6) is 1.18. The molecule has 0 bridgehead atoms. The van der Waals surface area contributed by atoms with E-state index in [2.05, 4.69) is 55.6 Å². The molecule has 154 valence electrons. The molecule has 4 aromatic heterocycles. The first kappa shape index (κ1) is 19.0. The Morgan fingerprint density at radius 1 is 1.19 bits per heavy atom. The number of pyridine rings is 1. The molecule has 0 saturated heterocycles. The van der Waals surface area contributed by atoms with Gasteiger partial charge in [0.05, 0.1) is 31.0 Å². The maximum atomic E-state index is 8.64. The van der Waals surface area contributed by atoms with E-state index in [-0.39, 0.29) is 12.5 Å². The monoisotopic (exact) mass is 412 g/mol. The second-order valence-electron chi connectivity index (χ2n) is 7.58. The van der Waals surface area contributed by atoms with Crippen LogP contribution in [0.4, 0.5) is 0 Å². The number of aromatic amines is 2. The molecule has 0 atom stereocenters. The molecule has 9 nitrogen and oxygen atoms in total. The average molecular weight is 412 g/mol. The molecule has 31 heavy (non-hydrogen) atoms. The number of aromatic nitrogens is 6. The van der Waals surface area contributed by atoms with Gasteiger partial charge in [0.25, 0.3) is 0 Å². The van der Waals surface area contributed by atoms with Gasteiger partial charge in [0, 0.05) is 33.6 Å². The zero-order valence-corrected chi connectivity index (χ0v) is 17.1. The molecule has 3 N–H and O–H groups in total. The molecular weight excluding hydrogens is 392 g/mol. The smallest absolute Gasteiger partial charge is 0.247 e. The maximum Gasteiger partial charge on any atom is 0.247 e. The van der Waals surface area contributed by atoms with Gasteiger partial charge < -0.3 is 9.40 Å². The number of hydrogen-bond donors (Lipinski definition) is 3. The summed E-state index contributed by atoms with van der Waals surface area (Å²) in [6.07, 6.45) is 3.59. The van der Waals surface area contributed by atoms with Gasteiger partial charge in [0.15, 0.2) is 5.65 Å². The summed E-state index contributed by atoms with van der Waals surface area (Å²) in [5, 5.41) is 29.0. The first-order chi connectivity index (χ1) is 15.2. The highest BCUT2D eigenvalue weighted by atomic mass is 16.4. The van der Waals surface area contributed by atoms with Crippen LogP contribution in [-0.2, 0) is 6.54 Å². The van der Waals surface area contributed by atoms with Crippen LogP contribution in [0.3, 0.4) is 0 Å². The van der Waals surface area contributed by atoms with E-state index >= 15 is 0 Å². The van der Waals surface area contributed by atoms with Crippen molar-refractivity contribution in [3.05, 3.63) is 48.1 Å². The van der Waals surface area contributed by atoms with Crippen molar-refractivity contribution >= 4 is 21.9 Å². The molecule has 4 heterocycles. The molecule has 9 heteroatoms. The van der Waals surface area contributed by atoms with Crippen molar-refractivity contribution in [3.63, 3.8) is 0 Å². The van der Waals surface area contributed by atoms with Crippen LogP contribution in [0.1, 0.15) is 31.2 Å². The third kappa shape index (κ3) is 3.33. The topological polar surface area (TPSA) is 132 Å². The first-order valence-corrected chi connectivity index (χ1v) is 10.00. The number of nitriles is 1. The second kappa shape index (κ2) is 7.66. The minimum Gasteiger partial charge on any atom is -0.419 e. The predicted octanol–water partition coefficient (Wildman–Crippen LogP) is 3.89. The molecule has 5 aromatic rings. The molecule has 0 aliphatic heterocycles. The molecule has 1 aromatic carbocycles. The van der Waals surface area contributed by atoms with Crippen molar-refractivity contribution in [1.29, 1.82) is 5.26 Å². The molecule has 0 fully saturated rings. The van der Waals surface area contributed by atoms with Gasteiger partial charge in [-0.15, -0.1) is 10.2 Å². The minimum atomic E-state index is 0.229. The van der Waals surface area contributed by atoms with Gasteiger partial charge in [0.1, 0.15) is 0 Å². The van der Waals surface area contributed by atoms with Gasteiger partial charge in [-0.2, -0.15) is 10.4 Å². The van der Waals surface area contributed by atoms with Crippen LogP contribution in [0, 0.1) is 11.3 Å². The summed E-state index contributed by atoms with van der Waals surface area (Å²) >= 11 is 0. The Balaban J connectivity index is 1.60. The highest BCUT2D eigenvalue weighted by Crippen LogP contribution is 2.39. The molecule has 0 unspecified atom stereocenters. The zero-order valence-electron chi connectivity index (χ0n) is 17.1. The third-order valence-corrected chi connectivity index (χ3v) is 5.23. The standard InChI is InChI=1S/C22H20N8O/c1-12(2)19-15-9-13(22-30-28-18(31-22)11-24-8-6-23)3-4-17(15)27-20(19)14-5-7-25-21-16(14)10-26-29-21/h3-5,7,9-10,12,24,27H,8,11H2,1-2H3,(H,25,26,29). The summed E-state index contributed by atoms with van der Waals surface area (Å²) in [6, 6.07) is 10.1. The first-order valence-electron chi connectivity index (χ1n) is 10.00. The van der Waals surface area contributed by atoms with E-state index in [9.17, 15) is 0 Å². The molecule has 0 spiro atoms. The number of benzene rings is 1. The lowest BCUT2D eigenvalue weighted by molar-refractivity contribution is 0.486. The van der Waals surface area contributed by atoms with Gasteiger partial charge in [-0.1, -0.05) is 13.8 Å². The Labute approximate surface area is 177 Å². The number of hydrogen-bond acceptors (Lipinski definition) is 7. The van der Waals surface area contributed by atoms with E-state index in [1.54, 1.807) is 12.4 Å². The minimum absolute atomic E-state index is 0.229. The van der Waals surface area contributed by atoms with Crippen LogP contribution in [0.5, 0.6) is 0 Å². The molecule has 0 aliphatic rings. The molecule has 0 saturated carbocycles. The second-order valence-corrected chi connectivity index (χ2v) is 7.58. The lowest BCUT2D eigenvalue weighted by Crippen LogP contribution is -2.13. The predicted molar refractivity (Wildman–Crippen MR) is 116 cm³/mol. The summed E-state index contributed by atoms with van der Waals surface area (Å²) < 4.78 is 5.78. The highest BCUT2D eigenvalue weighted by molar-refractivity contribution is 5.99. The van der Waals surface area contributed by atoms with E-state index < -0.39 is 0 Å². The fourth-order valence-electron chi connectivity index (χ4n) is 3.89. The van der Waals surface area contributed by atoms with Crippen LogP contribution in [0.15, 0.2) is 41.1 Å². The van der Waals surface area contributed by atoms with Crippen molar-refractivity contribution in [1.82, 2.24) is 35.7 Å². The summed E-state index contributed by atoms with van der Waals surface area (Å²) in [6.45, 7) is 4.94. The zero-order chi connectivity index (χ0) is 21.4. The highest BCUT2D eigenvalue weighted by Gasteiger charge is 2.20. The van der Waals surface area contributed by atoms with Gasteiger partial charge >= 0.3 is 0 Å². The molecule has 0 radical (unpaired) electrons. The Morgan fingerprint density at radius 3 is 2.94 bits per heavy atom. The fraction of sp³-hybridized carbons (Fsp3) is 0.227. The number of nitrogens with one attached hydrogen (secondary N) is 3. The fourth-order valence-corrected chi connectivity index (χ4v) is 3.89. The third-order valence-electron chi connectivity index (χ3n) is 5.23. The normalized spacial score (nSPS) is 11.5. The molecule has 5 rings (SSSR count). The van der Waals surface area contributed by atoms with Crippen molar-refractivity contribution in [2.45, 2.75) is 26.3 Å². The van der Waals surface area contributed by atoms with E-state index in [1.165, 1.54) is 5.56 Å². The summed E-state index contributed by atoms with van der Waals surface area (Å²) in [4.78, 5) is 7.94. The Morgan fingerprint density at radius 2 is 2.10 bits per heavy atom. The molecule has 0 aliphatic carbocycles. The van der Waals surface area contributed by atoms with Crippen molar-refractivity contribution in [2.24, 2.45) is 0 Å². The van der Waals surface area contributed by atoms with E-state index in [0.717, 1.165) is 38.8 Å². The quantitative estimate of drug-likeness (QED) is 0.285. The van der Waals surface area contributed by atoms with Crippen LogP contribution < -0.4 is 5.32 Å². The number of fused-ring (bicyclic) bond motifs is 2. The van der Waals surface area contributed by atoms with Crippen LogP contribution in [0.2, 0.25) is 0 Å². The Hall–Kier alpha value is -4.03. The SMILES string of the molecule is CC(C)c1c(-c2ccnc3[nH]ncc23)[nH]c2ccc(-c3nnc(CNCC#N)o3)cc12. The van der Waals surface area contributed by atoms with Crippen LogP contribution in [0.25, 0.3) is 44.6 Å². The largest absolute Gasteiger partial charge is 0.419 e. The average Bonchev–Trinajstić information content (AvgIpc) is 3.50. The van der Waals surface area contributed by atoms with E-state index in [4.69, 9.17) is 9.68 Å². The van der Waals surface area contributed by atoms with Crippen LogP contribution in [-0.4, -0.2) is 36.9 Å². The number of nitrogens with zero attached hydrogens (tertiary/aromatic N) is 5. The van der Waals surface area contributed by atoms with Crippen molar-refractivity contribution in [2.75, 3.05) is 6.54 Å². The molecule has 0 amide bonds. The summed E-state index contributed by atoms with van der Waals surface area (Å²) in [7, 11) is 0. The number of H-pyrrole nitrogens is 2.